The van der Waals surface area contributed by atoms with Gasteiger partial charge < -0.3 is 19.4 Å². The van der Waals surface area contributed by atoms with Gasteiger partial charge in [0, 0.05) is 13.1 Å². The first-order valence-electron chi connectivity index (χ1n) is 13.0. The number of rotatable bonds is 2. The molecule has 0 spiro atoms. The molecule has 2 fully saturated rings. The van der Waals surface area contributed by atoms with Crippen molar-refractivity contribution in [3.63, 3.8) is 0 Å². The predicted octanol–water partition coefficient (Wildman–Crippen LogP) is 4.68. The summed E-state index contributed by atoms with van der Waals surface area (Å²) in [7, 11) is 0. The summed E-state index contributed by atoms with van der Waals surface area (Å²) < 4.78 is 11.1. The summed E-state index contributed by atoms with van der Waals surface area (Å²) >= 11 is 0. The van der Waals surface area contributed by atoms with E-state index in [-0.39, 0.29) is 24.3 Å². The summed E-state index contributed by atoms with van der Waals surface area (Å²) in [5, 5.41) is 0. The van der Waals surface area contributed by atoms with Crippen LogP contribution in [0, 0.1) is 23.7 Å². The Hall–Kier alpha value is -3.92. The second-order valence-corrected chi connectivity index (χ2v) is 11.5. The van der Waals surface area contributed by atoms with Crippen LogP contribution in [0.4, 0.5) is 9.59 Å². The number of carbonyl (C=O) groups is 2. The second-order valence-electron chi connectivity index (χ2n) is 11.5. The van der Waals surface area contributed by atoms with Crippen LogP contribution < -0.4 is 0 Å². The maximum atomic E-state index is 12.6. The van der Waals surface area contributed by atoms with Crippen LogP contribution in [0.2, 0.25) is 0 Å². The number of hydrogen-bond acceptors (Lipinski definition) is 6. The molecule has 0 bridgehead atoms. The molecule has 10 nitrogen and oxygen atoms in total. The molecule has 4 heterocycles. The summed E-state index contributed by atoms with van der Waals surface area (Å²) in [5.41, 5.74) is 0.142. The number of aromatic amines is 2. The zero-order valence-electron chi connectivity index (χ0n) is 23.0. The molecule has 2 atom stereocenters. The van der Waals surface area contributed by atoms with E-state index < -0.39 is 11.2 Å². The number of ether oxygens (including phenoxy) is 2. The standard InChI is InChI=1S/C28H36N6O4/c1-27(2,3)37-25(35)33-15-9-13-21(33)23-29-17-19(31-23)11-7-8-12-20-18-30-24(32-20)22-14-10-16-34(22)26(36)38-28(4,5)6/h17-18,21-22H,9-10,13-16H2,1-6H3,(H,29,31)(H,30,32)/t21-,22-/m0/s1. The molecule has 2 N–H and O–H groups in total. The highest BCUT2D eigenvalue weighted by Crippen LogP contribution is 2.32. The Kier molecular flexibility index (Phi) is 7.73. The SMILES string of the molecule is CC(C)(C)OC(=O)N1CCC[C@H]1c1ncc(C#CC#Cc2cnc([C@@H]3CCCN3C(=O)OC(C)(C)C)[nH]2)[nH]1. The minimum absolute atomic E-state index is 0.161. The molecule has 2 saturated heterocycles. The lowest BCUT2D eigenvalue weighted by Crippen LogP contribution is -2.36. The van der Waals surface area contributed by atoms with Crippen molar-refractivity contribution in [2.75, 3.05) is 13.1 Å². The van der Waals surface area contributed by atoms with E-state index in [1.54, 1.807) is 22.2 Å². The molecule has 10 heteroatoms. The molecule has 202 valence electrons. The number of amides is 2. The molecule has 2 aromatic rings. The Morgan fingerprint density at radius 2 is 1.18 bits per heavy atom. The van der Waals surface area contributed by atoms with Crippen LogP contribution >= 0.6 is 0 Å². The third kappa shape index (κ3) is 6.89. The third-order valence-electron chi connectivity index (χ3n) is 6.04. The first-order chi connectivity index (χ1) is 17.9. The number of nitrogens with one attached hydrogen (secondary N) is 2. The minimum atomic E-state index is -0.549. The van der Waals surface area contributed by atoms with Gasteiger partial charge in [-0.1, -0.05) is 0 Å². The van der Waals surface area contributed by atoms with Gasteiger partial charge in [-0.05, 0) is 90.9 Å². The minimum Gasteiger partial charge on any atom is -0.444 e. The Bertz CT molecular complexity index is 1190. The van der Waals surface area contributed by atoms with Gasteiger partial charge in [0.05, 0.1) is 24.5 Å². The van der Waals surface area contributed by atoms with Gasteiger partial charge in [-0.15, -0.1) is 0 Å². The van der Waals surface area contributed by atoms with Crippen molar-refractivity contribution in [2.45, 2.75) is 90.5 Å². The molecule has 2 aromatic heterocycles. The second kappa shape index (κ2) is 10.8. The smallest absolute Gasteiger partial charge is 0.410 e. The largest absolute Gasteiger partial charge is 0.444 e. The molecule has 38 heavy (non-hydrogen) atoms. The molecule has 2 amide bonds. The number of aromatic nitrogens is 4. The van der Waals surface area contributed by atoms with E-state index in [1.807, 2.05) is 41.5 Å². The Labute approximate surface area is 223 Å². The van der Waals surface area contributed by atoms with Crippen LogP contribution in [-0.4, -0.2) is 66.2 Å². The van der Waals surface area contributed by atoms with Crippen LogP contribution in [0.1, 0.15) is 102 Å². The fraction of sp³-hybridized carbons (Fsp3) is 0.571. The third-order valence-corrected chi connectivity index (χ3v) is 6.04. The monoisotopic (exact) mass is 520 g/mol. The molecule has 2 aliphatic rings. The Balaban J connectivity index is 1.38. The predicted molar refractivity (Wildman–Crippen MR) is 141 cm³/mol. The van der Waals surface area contributed by atoms with Crippen LogP contribution in [0.15, 0.2) is 12.4 Å². The number of carbonyl (C=O) groups excluding carboxylic acids is 2. The summed E-state index contributed by atoms with van der Waals surface area (Å²) in [6.45, 7) is 12.4. The maximum Gasteiger partial charge on any atom is 0.410 e. The van der Waals surface area contributed by atoms with Crippen molar-refractivity contribution in [1.82, 2.24) is 29.7 Å². The first-order valence-corrected chi connectivity index (χ1v) is 13.0. The van der Waals surface area contributed by atoms with Crippen LogP contribution in [0.3, 0.4) is 0 Å². The highest BCUT2D eigenvalue weighted by Gasteiger charge is 2.36. The molecular formula is C28H36N6O4. The quantitative estimate of drug-likeness (QED) is 0.556. The number of nitrogens with zero attached hydrogens (tertiary/aromatic N) is 4. The van der Waals surface area contributed by atoms with E-state index in [1.165, 1.54) is 0 Å². The zero-order chi connectivity index (χ0) is 27.5. The van der Waals surface area contributed by atoms with E-state index in [0.717, 1.165) is 25.7 Å². The highest BCUT2D eigenvalue weighted by atomic mass is 16.6. The molecular weight excluding hydrogens is 484 g/mol. The number of hydrogen-bond donors (Lipinski definition) is 2. The summed E-state index contributed by atoms with van der Waals surface area (Å²) in [6, 6.07) is -0.323. The van der Waals surface area contributed by atoms with Crippen LogP contribution in [0.5, 0.6) is 0 Å². The summed E-state index contributed by atoms with van der Waals surface area (Å²) in [5.74, 6) is 13.0. The summed E-state index contributed by atoms with van der Waals surface area (Å²) in [6.07, 6.45) is 6.03. The van der Waals surface area contributed by atoms with Crippen molar-refractivity contribution in [1.29, 1.82) is 0 Å². The Morgan fingerprint density at radius 3 is 1.55 bits per heavy atom. The van der Waals surface area contributed by atoms with Crippen LogP contribution in [0.25, 0.3) is 0 Å². The van der Waals surface area contributed by atoms with Gasteiger partial charge >= 0.3 is 12.2 Å². The fourth-order valence-electron chi connectivity index (χ4n) is 4.52. The molecule has 4 rings (SSSR count). The molecule has 0 unspecified atom stereocenters. The Morgan fingerprint density at radius 1 is 0.789 bits per heavy atom. The fourth-order valence-corrected chi connectivity index (χ4v) is 4.52. The first kappa shape index (κ1) is 27.1. The van der Waals surface area contributed by atoms with E-state index in [9.17, 15) is 9.59 Å². The molecule has 2 aliphatic heterocycles. The lowest BCUT2D eigenvalue weighted by atomic mass is 10.2. The van der Waals surface area contributed by atoms with Crippen LogP contribution in [-0.2, 0) is 9.47 Å². The van der Waals surface area contributed by atoms with E-state index in [2.05, 4.69) is 43.6 Å². The molecule has 0 saturated carbocycles. The maximum absolute atomic E-state index is 12.6. The number of H-pyrrole nitrogens is 2. The van der Waals surface area contributed by atoms with Gasteiger partial charge in [0.1, 0.15) is 34.2 Å². The van der Waals surface area contributed by atoms with Crippen molar-refractivity contribution >= 4 is 12.2 Å². The van der Waals surface area contributed by atoms with E-state index in [0.29, 0.717) is 36.1 Å². The van der Waals surface area contributed by atoms with Gasteiger partial charge in [0.2, 0.25) is 0 Å². The van der Waals surface area contributed by atoms with Crippen molar-refractivity contribution in [3.8, 4) is 23.7 Å². The average molecular weight is 521 g/mol. The highest BCUT2D eigenvalue weighted by molar-refractivity contribution is 5.69. The lowest BCUT2D eigenvalue weighted by molar-refractivity contribution is 0.0208. The molecule has 0 aromatic carbocycles. The zero-order valence-corrected chi connectivity index (χ0v) is 23.0. The normalized spacial score (nSPS) is 19.4. The van der Waals surface area contributed by atoms with Gasteiger partial charge in [-0.3, -0.25) is 9.80 Å². The van der Waals surface area contributed by atoms with Crippen molar-refractivity contribution < 1.29 is 19.1 Å². The number of imidazole rings is 2. The lowest BCUT2D eigenvalue weighted by Gasteiger charge is -2.27. The van der Waals surface area contributed by atoms with E-state index >= 15 is 0 Å². The van der Waals surface area contributed by atoms with Gasteiger partial charge in [-0.25, -0.2) is 19.6 Å². The average Bonchev–Trinajstić information content (AvgIpc) is 3.60. The molecule has 0 aliphatic carbocycles. The van der Waals surface area contributed by atoms with Gasteiger partial charge in [0.15, 0.2) is 0 Å². The topological polar surface area (TPSA) is 116 Å². The molecule has 0 radical (unpaired) electrons. The van der Waals surface area contributed by atoms with Gasteiger partial charge in [-0.2, -0.15) is 0 Å². The van der Waals surface area contributed by atoms with E-state index in [4.69, 9.17) is 9.47 Å². The summed E-state index contributed by atoms with van der Waals surface area (Å²) in [4.78, 5) is 43.9. The van der Waals surface area contributed by atoms with Gasteiger partial charge in [0.25, 0.3) is 0 Å². The van der Waals surface area contributed by atoms with Crippen molar-refractivity contribution in [3.05, 3.63) is 35.4 Å². The number of likely N-dealkylation sites (tertiary alicyclic amines) is 2. The van der Waals surface area contributed by atoms with Crippen molar-refractivity contribution in [2.24, 2.45) is 0 Å².